The van der Waals surface area contributed by atoms with E-state index in [1.165, 1.54) is 30.3 Å². The van der Waals surface area contributed by atoms with Gasteiger partial charge in [-0.25, -0.2) is 9.69 Å². The molecule has 35 heavy (non-hydrogen) atoms. The number of imide groups is 1. The highest BCUT2D eigenvalue weighted by Gasteiger charge is 2.37. The van der Waals surface area contributed by atoms with Gasteiger partial charge in [0, 0.05) is 33.1 Å². The van der Waals surface area contributed by atoms with Gasteiger partial charge < -0.3 is 10.4 Å². The Kier molecular flexibility index (Phi) is 5.18. The topological polar surface area (TPSA) is 130 Å². The predicted octanol–water partition coefficient (Wildman–Crippen LogP) is 5.64. The minimum atomic E-state index is -1.22. The number of rotatable bonds is 5. The first-order valence-corrected chi connectivity index (χ1v) is 10.6. The van der Waals surface area contributed by atoms with Crippen LogP contribution in [0.1, 0.15) is 31.1 Å². The molecule has 1 aliphatic heterocycles. The van der Waals surface area contributed by atoms with Crippen LogP contribution in [0.2, 0.25) is 5.02 Å². The van der Waals surface area contributed by atoms with Crippen LogP contribution >= 0.6 is 11.6 Å². The molecule has 0 atom stereocenters. The van der Waals surface area contributed by atoms with Gasteiger partial charge in [-0.3, -0.25) is 19.7 Å². The first kappa shape index (κ1) is 22.1. The summed E-state index contributed by atoms with van der Waals surface area (Å²) in [6.07, 6.45) is 0. The fourth-order valence-electron chi connectivity index (χ4n) is 4.12. The number of nitro benzene ring substituents is 1. The molecule has 0 bridgehead atoms. The average molecular weight is 488 g/mol. The summed E-state index contributed by atoms with van der Waals surface area (Å²) >= 11 is 5.93. The first-order valence-electron chi connectivity index (χ1n) is 10.2. The van der Waals surface area contributed by atoms with Gasteiger partial charge in [-0.15, -0.1) is 0 Å². The molecule has 4 aromatic carbocycles. The average Bonchev–Trinajstić information content (AvgIpc) is 2.84. The molecule has 4 aromatic rings. The highest BCUT2D eigenvalue weighted by molar-refractivity contribution is 6.37. The van der Waals surface area contributed by atoms with E-state index in [9.17, 15) is 29.6 Å². The lowest BCUT2D eigenvalue weighted by Crippen LogP contribution is -2.40. The Bertz CT molecular complexity index is 1580. The van der Waals surface area contributed by atoms with Crippen molar-refractivity contribution < 1.29 is 24.4 Å². The molecule has 0 unspecified atom stereocenters. The number of hydrogen-bond donors (Lipinski definition) is 2. The Morgan fingerprint density at radius 3 is 2.31 bits per heavy atom. The molecule has 0 saturated carbocycles. The summed E-state index contributed by atoms with van der Waals surface area (Å²) in [7, 11) is 0. The van der Waals surface area contributed by atoms with Crippen LogP contribution in [0.3, 0.4) is 0 Å². The number of nitrogens with zero attached hydrogens (tertiary/aromatic N) is 2. The van der Waals surface area contributed by atoms with E-state index in [1.807, 2.05) is 0 Å². The molecule has 10 heteroatoms. The molecule has 0 fully saturated rings. The van der Waals surface area contributed by atoms with Crippen LogP contribution in [0.15, 0.2) is 72.8 Å². The van der Waals surface area contributed by atoms with Gasteiger partial charge in [-0.1, -0.05) is 29.8 Å². The number of carbonyl (C=O) groups excluding carboxylic acids is 2. The fourth-order valence-corrected chi connectivity index (χ4v) is 4.24. The molecule has 5 rings (SSSR count). The Labute approximate surface area is 202 Å². The molecule has 0 saturated heterocycles. The predicted molar refractivity (Wildman–Crippen MR) is 130 cm³/mol. The lowest BCUT2D eigenvalue weighted by Gasteiger charge is -2.28. The zero-order valence-corrected chi connectivity index (χ0v) is 18.4. The van der Waals surface area contributed by atoms with Crippen LogP contribution in [0.4, 0.5) is 22.7 Å². The first-order chi connectivity index (χ1) is 16.8. The second-order valence-electron chi connectivity index (χ2n) is 7.74. The van der Waals surface area contributed by atoms with Crippen LogP contribution in [0, 0.1) is 10.1 Å². The standard InChI is InChI=1S/C25H14ClN3O6/c26-14-7-9-15(10-8-14)27-22-17-5-2-6-18-21(17)19(12-20(22)29(34)35)24(31)28(23(18)30)16-4-1-3-13(11-16)25(32)33/h1-12,27H,(H,32,33). The smallest absolute Gasteiger partial charge is 0.335 e. The minimum absolute atomic E-state index is 0.0377. The van der Waals surface area contributed by atoms with Crippen molar-refractivity contribution in [3.8, 4) is 0 Å². The molecule has 2 amide bonds. The lowest BCUT2D eigenvalue weighted by molar-refractivity contribution is -0.383. The highest BCUT2D eigenvalue weighted by Crippen LogP contribution is 2.42. The van der Waals surface area contributed by atoms with Gasteiger partial charge in [0.2, 0.25) is 0 Å². The van der Waals surface area contributed by atoms with Crippen molar-refractivity contribution in [2.24, 2.45) is 0 Å². The van der Waals surface area contributed by atoms with E-state index >= 15 is 0 Å². The van der Waals surface area contributed by atoms with Crippen molar-refractivity contribution in [3.63, 3.8) is 0 Å². The monoisotopic (exact) mass is 487 g/mol. The van der Waals surface area contributed by atoms with Crippen molar-refractivity contribution in [2.45, 2.75) is 0 Å². The number of carbonyl (C=O) groups is 3. The number of amides is 2. The largest absolute Gasteiger partial charge is 0.478 e. The van der Waals surface area contributed by atoms with Gasteiger partial charge in [0.1, 0.15) is 5.69 Å². The number of aromatic carboxylic acids is 1. The van der Waals surface area contributed by atoms with Gasteiger partial charge in [-0.2, -0.15) is 0 Å². The Hall–Kier alpha value is -4.76. The minimum Gasteiger partial charge on any atom is -0.478 e. The molecule has 9 nitrogen and oxygen atoms in total. The fraction of sp³-hybridized carbons (Fsp3) is 0. The van der Waals surface area contributed by atoms with Crippen molar-refractivity contribution in [2.75, 3.05) is 10.2 Å². The summed E-state index contributed by atoms with van der Waals surface area (Å²) in [5.41, 5.74) is 0.352. The number of carboxylic acids is 1. The zero-order chi connectivity index (χ0) is 24.9. The molecule has 0 aromatic heterocycles. The number of benzene rings is 4. The van der Waals surface area contributed by atoms with E-state index in [2.05, 4.69) is 5.32 Å². The summed E-state index contributed by atoms with van der Waals surface area (Å²) in [6, 6.07) is 17.7. The molecule has 172 valence electrons. The van der Waals surface area contributed by atoms with Crippen LogP contribution in [0.5, 0.6) is 0 Å². The number of carboxylic acid groups (broad SMARTS) is 1. The number of halogens is 1. The van der Waals surface area contributed by atoms with Gasteiger partial charge >= 0.3 is 5.97 Å². The maximum atomic E-state index is 13.5. The van der Waals surface area contributed by atoms with E-state index in [4.69, 9.17) is 11.6 Å². The molecule has 1 heterocycles. The lowest BCUT2D eigenvalue weighted by atomic mass is 9.91. The maximum absolute atomic E-state index is 13.5. The van der Waals surface area contributed by atoms with Crippen LogP contribution < -0.4 is 10.2 Å². The van der Waals surface area contributed by atoms with Crippen molar-refractivity contribution in [1.29, 1.82) is 0 Å². The van der Waals surface area contributed by atoms with Gasteiger partial charge in [0.15, 0.2) is 0 Å². The zero-order valence-electron chi connectivity index (χ0n) is 17.7. The van der Waals surface area contributed by atoms with Crippen molar-refractivity contribution in [1.82, 2.24) is 0 Å². The summed E-state index contributed by atoms with van der Waals surface area (Å²) < 4.78 is 0. The second-order valence-corrected chi connectivity index (χ2v) is 8.17. The van der Waals surface area contributed by atoms with Gasteiger partial charge in [0.25, 0.3) is 17.5 Å². The highest BCUT2D eigenvalue weighted by atomic mass is 35.5. The Morgan fingerprint density at radius 1 is 0.943 bits per heavy atom. The molecular formula is C25H14ClN3O6. The summed E-state index contributed by atoms with van der Waals surface area (Å²) in [4.78, 5) is 50.5. The summed E-state index contributed by atoms with van der Waals surface area (Å²) in [5, 5.41) is 25.4. The molecular weight excluding hydrogens is 474 g/mol. The molecule has 0 radical (unpaired) electrons. The molecule has 2 N–H and O–H groups in total. The quantitative estimate of drug-likeness (QED) is 0.211. The number of hydrogen-bond acceptors (Lipinski definition) is 6. The third-order valence-electron chi connectivity index (χ3n) is 5.67. The van der Waals surface area contributed by atoms with Crippen molar-refractivity contribution >= 4 is 62.9 Å². The maximum Gasteiger partial charge on any atom is 0.335 e. The van der Waals surface area contributed by atoms with E-state index < -0.39 is 22.7 Å². The van der Waals surface area contributed by atoms with Crippen LogP contribution in [-0.4, -0.2) is 27.8 Å². The Balaban J connectivity index is 1.73. The van der Waals surface area contributed by atoms with Gasteiger partial charge in [-0.05, 0) is 48.5 Å². The van der Waals surface area contributed by atoms with Crippen LogP contribution in [0.25, 0.3) is 10.8 Å². The molecule has 1 aliphatic rings. The Morgan fingerprint density at radius 2 is 1.63 bits per heavy atom. The molecule has 0 aliphatic carbocycles. The van der Waals surface area contributed by atoms with E-state index in [1.54, 1.807) is 36.4 Å². The number of nitro groups is 1. The SMILES string of the molecule is O=C(O)c1cccc(N2C(=O)c3cccc4c(Nc5ccc(Cl)cc5)c([N+](=O)[O-])cc(c34)C2=O)c1. The summed E-state index contributed by atoms with van der Waals surface area (Å²) in [6.45, 7) is 0. The van der Waals surface area contributed by atoms with Crippen molar-refractivity contribution in [3.05, 3.63) is 105 Å². The third kappa shape index (κ3) is 3.64. The normalized spacial score (nSPS) is 12.7. The van der Waals surface area contributed by atoms with E-state index in [0.29, 0.717) is 16.1 Å². The van der Waals surface area contributed by atoms with E-state index in [0.717, 1.165) is 11.0 Å². The van der Waals surface area contributed by atoms with Gasteiger partial charge in [0.05, 0.1) is 21.7 Å². The summed E-state index contributed by atoms with van der Waals surface area (Å²) in [5.74, 6) is -2.68. The second kappa shape index (κ2) is 8.23. The molecule has 0 spiro atoms. The van der Waals surface area contributed by atoms with Crippen LogP contribution in [-0.2, 0) is 0 Å². The third-order valence-corrected chi connectivity index (χ3v) is 5.92. The van der Waals surface area contributed by atoms with E-state index in [-0.39, 0.29) is 39.1 Å². The number of anilines is 3. The number of nitrogens with one attached hydrogen (secondary N) is 1.